The van der Waals surface area contributed by atoms with Crippen molar-refractivity contribution in [1.29, 1.82) is 0 Å². The van der Waals surface area contributed by atoms with Crippen molar-refractivity contribution in [2.75, 3.05) is 6.54 Å². The SMILES string of the molecule is Oc1c(Cl)cc(Cl)cc1CN1CCc2ccccc2C1. The molecule has 1 heterocycles. The lowest BCUT2D eigenvalue weighted by atomic mass is 9.99. The van der Waals surface area contributed by atoms with Crippen LogP contribution in [-0.2, 0) is 19.5 Å². The van der Waals surface area contributed by atoms with E-state index in [2.05, 4.69) is 29.2 Å². The zero-order valence-corrected chi connectivity index (χ0v) is 12.5. The highest BCUT2D eigenvalue weighted by Crippen LogP contribution is 2.32. The third-order valence-corrected chi connectivity index (χ3v) is 4.22. The van der Waals surface area contributed by atoms with Crippen LogP contribution in [0.1, 0.15) is 16.7 Å². The highest BCUT2D eigenvalue weighted by molar-refractivity contribution is 6.35. The number of hydrogen-bond acceptors (Lipinski definition) is 2. The lowest BCUT2D eigenvalue weighted by Crippen LogP contribution is -2.30. The molecule has 0 fully saturated rings. The van der Waals surface area contributed by atoms with E-state index in [0.29, 0.717) is 16.6 Å². The maximum Gasteiger partial charge on any atom is 0.138 e. The Morgan fingerprint density at radius 3 is 2.65 bits per heavy atom. The second kappa shape index (κ2) is 5.65. The van der Waals surface area contributed by atoms with E-state index in [1.54, 1.807) is 12.1 Å². The predicted molar refractivity (Wildman–Crippen MR) is 82.4 cm³/mol. The van der Waals surface area contributed by atoms with Crippen LogP contribution in [-0.4, -0.2) is 16.6 Å². The van der Waals surface area contributed by atoms with Crippen molar-refractivity contribution in [2.24, 2.45) is 0 Å². The zero-order chi connectivity index (χ0) is 14.1. The quantitative estimate of drug-likeness (QED) is 0.896. The Kier molecular flexibility index (Phi) is 3.88. The number of halogens is 2. The topological polar surface area (TPSA) is 23.5 Å². The minimum Gasteiger partial charge on any atom is -0.506 e. The molecule has 0 atom stereocenters. The van der Waals surface area contributed by atoms with Crippen LogP contribution in [0, 0.1) is 0 Å². The molecule has 0 aliphatic carbocycles. The Morgan fingerprint density at radius 1 is 1.10 bits per heavy atom. The van der Waals surface area contributed by atoms with E-state index in [1.807, 2.05) is 0 Å². The summed E-state index contributed by atoms with van der Waals surface area (Å²) in [5, 5.41) is 10.9. The van der Waals surface area contributed by atoms with Gasteiger partial charge < -0.3 is 5.11 Å². The van der Waals surface area contributed by atoms with E-state index in [1.165, 1.54) is 11.1 Å². The molecule has 4 heteroatoms. The number of rotatable bonds is 2. The zero-order valence-electron chi connectivity index (χ0n) is 10.9. The van der Waals surface area contributed by atoms with Crippen molar-refractivity contribution >= 4 is 23.2 Å². The highest BCUT2D eigenvalue weighted by atomic mass is 35.5. The Labute approximate surface area is 128 Å². The van der Waals surface area contributed by atoms with Crippen LogP contribution in [0.2, 0.25) is 10.0 Å². The summed E-state index contributed by atoms with van der Waals surface area (Å²) in [7, 11) is 0. The van der Waals surface area contributed by atoms with E-state index in [-0.39, 0.29) is 5.75 Å². The van der Waals surface area contributed by atoms with Crippen molar-refractivity contribution in [3.8, 4) is 5.75 Å². The summed E-state index contributed by atoms with van der Waals surface area (Å²) < 4.78 is 0. The molecule has 0 saturated carbocycles. The van der Waals surface area contributed by atoms with Crippen LogP contribution in [0.15, 0.2) is 36.4 Å². The van der Waals surface area contributed by atoms with Gasteiger partial charge in [0.15, 0.2) is 0 Å². The van der Waals surface area contributed by atoms with Crippen LogP contribution < -0.4 is 0 Å². The molecule has 2 aromatic carbocycles. The summed E-state index contributed by atoms with van der Waals surface area (Å²) in [5.74, 6) is 0.134. The van der Waals surface area contributed by atoms with Gasteiger partial charge in [0, 0.05) is 30.2 Å². The van der Waals surface area contributed by atoms with Gasteiger partial charge in [-0.2, -0.15) is 0 Å². The van der Waals surface area contributed by atoms with Crippen LogP contribution in [0.4, 0.5) is 0 Å². The smallest absolute Gasteiger partial charge is 0.138 e. The molecule has 3 rings (SSSR count). The molecule has 0 amide bonds. The van der Waals surface area contributed by atoms with Gasteiger partial charge in [-0.1, -0.05) is 47.5 Å². The third kappa shape index (κ3) is 2.78. The van der Waals surface area contributed by atoms with Gasteiger partial charge in [-0.3, -0.25) is 4.90 Å². The highest BCUT2D eigenvalue weighted by Gasteiger charge is 2.18. The lowest BCUT2D eigenvalue weighted by Gasteiger charge is -2.29. The first-order valence-corrected chi connectivity index (χ1v) is 7.35. The predicted octanol–water partition coefficient (Wildman–Crippen LogP) is 4.26. The Hall–Kier alpha value is -1.22. The molecule has 1 N–H and O–H groups in total. The number of fused-ring (bicyclic) bond motifs is 1. The van der Waals surface area contributed by atoms with Gasteiger partial charge in [-0.15, -0.1) is 0 Å². The molecule has 0 aromatic heterocycles. The number of benzene rings is 2. The number of phenolic OH excluding ortho intramolecular Hbond substituents is 1. The fourth-order valence-electron chi connectivity index (χ4n) is 2.67. The lowest BCUT2D eigenvalue weighted by molar-refractivity contribution is 0.242. The van der Waals surface area contributed by atoms with E-state index >= 15 is 0 Å². The van der Waals surface area contributed by atoms with Gasteiger partial charge in [0.25, 0.3) is 0 Å². The normalized spacial score (nSPS) is 15.1. The molecule has 2 nitrogen and oxygen atoms in total. The van der Waals surface area contributed by atoms with Crippen molar-refractivity contribution in [1.82, 2.24) is 4.90 Å². The second-order valence-corrected chi connectivity index (χ2v) is 5.97. The number of hydrogen-bond donors (Lipinski definition) is 1. The van der Waals surface area contributed by atoms with Crippen molar-refractivity contribution in [3.63, 3.8) is 0 Å². The molecule has 1 aliphatic heterocycles. The summed E-state index contributed by atoms with van der Waals surface area (Å²) in [6.45, 7) is 2.51. The molecule has 104 valence electrons. The maximum atomic E-state index is 10.0. The molecular weight excluding hydrogens is 293 g/mol. The summed E-state index contributed by atoms with van der Waals surface area (Å²) >= 11 is 12.0. The van der Waals surface area contributed by atoms with Crippen LogP contribution in [0.5, 0.6) is 5.75 Å². The summed E-state index contributed by atoms with van der Waals surface area (Å²) in [5.41, 5.74) is 3.55. The first-order valence-electron chi connectivity index (χ1n) is 6.59. The summed E-state index contributed by atoms with van der Waals surface area (Å²) in [4.78, 5) is 2.30. The average Bonchev–Trinajstić information content (AvgIpc) is 2.44. The molecular formula is C16H15Cl2NO. The van der Waals surface area contributed by atoms with Crippen molar-refractivity contribution in [2.45, 2.75) is 19.5 Å². The molecule has 2 aromatic rings. The van der Waals surface area contributed by atoms with Gasteiger partial charge >= 0.3 is 0 Å². The van der Waals surface area contributed by atoms with E-state index in [4.69, 9.17) is 23.2 Å². The minimum absolute atomic E-state index is 0.134. The van der Waals surface area contributed by atoms with Gasteiger partial charge in [-0.25, -0.2) is 0 Å². The van der Waals surface area contributed by atoms with Crippen molar-refractivity contribution < 1.29 is 5.11 Å². The van der Waals surface area contributed by atoms with Gasteiger partial charge in [-0.05, 0) is 29.7 Å². The fraction of sp³-hybridized carbons (Fsp3) is 0.250. The van der Waals surface area contributed by atoms with E-state index in [9.17, 15) is 5.11 Å². The molecule has 0 bridgehead atoms. The minimum atomic E-state index is 0.134. The standard InChI is InChI=1S/C16H15Cl2NO/c17-14-7-13(16(20)15(18)8-14)10-19-6-5-11-3-1-2-4-12(11)9-19/h1-4,7-8,20H,5-6,9-10H2. The van der Waals surface area contributed by atoms with Gasteiger partial charge in [0.05, 0.1) is 5.02 Å². The molecule has 1 aliphatic rings. The monoisotopic (exact) mass is 307 g/mol. The van der Waals surface area contributed by atoms with E-state index < -0.39 is 0 Å². The van der Waals surface area contributed by atoms with E-state index in [0.717, 1.165) is 25.1 Å². The summed E-state index contributed by atoms with van der Waals surface area (Å²) in [6, 6.07) is 11.8. The number of phenols is 1. The first-order chi connectivity index (χ1) is 9.63. The molecule has 20 heavy (non-hydrogen) atoms. The van der Waals surface area contributed by atoms with Crippen LogP contribution >= 0.6 is 23.2 Å². The van der Waals surface area contributed by atoms with Gasteiger partial charge in [0.2, 0.25) is 0 Å². The first kappa shape index (κ1) is 13.7. The fourth-order valence-corrected chi connectivity index (χ4v) is 3.21. The number of nitrogens with zero attached hydrogens (tertiary/aromatic N) is 1. The van der Waals surface area contributed by atoms with Crippen molar-refractivity contribution in [3.05, 3.63) is 63.1 Å². The second-order valence-electron chi connectivity index (χ2n) is 5.12. The van der Waals surface area contributed by atoms with Crippen LogP contribution in [0.3, 0.4) is 0 Å². The molecule has 0 unspecified atom stereocenters. The van der Waals surface area contributed by atoms with Gasteiger partial charge in [0.1, 0.15) is 5.75 Å². The Morgan fingerprint density at radius 2 is 1.85 bits per heavy atom. The van der Waals surface area contributed by atoms with Crippen LogP contribution in [0.25, 0.3) is 0 Å². The largest absolute Gasteiger partial charge is 0.506 e. The molecule has 0 spiro atoms. The summed E-state index contributed by atoms with van der Waals surface area (Å²) in [6.07, 6.45) is 1.03. The average molecular weight is 308 g/mol. The molecule has 0 saturated heterocycles. The Balaban J connectivity index is 1.80. The Bertz CT molecular complexity index is 642. The molecule has 0 radical (unpaired) electrons. The number of aromatic hydroxyl groups is 1. The third-order valence-electron chi connectivity index (χ3n) is 3.71. The maximum absolute atomic E-state index is 10.0.